The second-order valence-corrected chi connectivity index (χ2v) is 6.88. The molecule has 0 saturated heterocycles. The molecule has 124 valence electrons. The minimum Gasteiger partial charge on any atom is -0.382 e. The Morgan fingerprint density at radius 1 is 1.23 bits per heavy atom. The summed E-state index contributed by atoms with van der Waals surface area (Å²) in [5, 5.41) is 2.57. The smallest absolute Gasteiger partial charge is 0.240 e. The molecule has 1 aromatic carbocycles. The van der Waals surface area contributed by atoms with E-state index in [9.17, 15) is 13.2 Å². The number of benzene rings is 1. The van der Waals surface area contributed by atoms with Crippen LogP contribution in [-0.2, 0) is 24.3 Å². The van der Waals surface area contributed by atoms with Gasteiger partial charge >= 0.3 is 0 Å². The van der Waals surface area contributed by atoms with Gasteiger partial charge in [-0.15, -0.1) is 0 Å². The molecular formula is C14H22N2O5S. The number of sulfonamides is 1. The fourth-order valence-corrected chi connectivity index (χ4v) is 2.90. The number of carbonyl (C=O) groups is 1. The first-order valence-corrected chi connectivity index (χ1v) is 8.12. The minimum absolute atomic E-state index is 0.0765. The molecule has 0 aliphatic carbocycles. The zero-order valence-corrected chi connectivity index (χ0v) is 14.0. The van der Waals surface area contributed by atoms with Crippen LogP contribution in [0.5, 0.6) is 0 Å². The summed E-state index contributed by atoms with van der Waals surface area (Å²) in [4.78, 5) is 11.0. The lowest BCUT2D eigenvalue weighted by molar-refractivity contribution is -0.114. The van der Waals surface area contributed by atoms with E-state index >= 15 is 0 Å². The largest absolute Gasteiger partial charge is 0.382 e. The van der Waals surface area contributed by atoms with Crippen molar-refractivity contribution >= 4 is 21.6 Å². The maximum atomic E-state index is 12.2. The molecular weight excluding hydrogens is 308 g/mol. The fourth-order valence-electron chi connectivity index (χ4n) is 1.74. The highest BCUT2D eigenvalue weighted by molar-refractivity contribution is 7.89. The van der Waals surface area contributed by atoms with Gasteiger partial charge in [-0.1, -0.05) is 0 Å². The molecule has 0 fully saturated rings. The Morgan fingerprint density at radius 3 is 2.27 bits per heavy atom. The van der Waals surface area contributed by atoms with Crippen LogP contribution in [-0.4, -0.2) is 47.3 Å². The van der Waals surface area contributed by atoms with Crippen molar-refractivity contribution in [2.24, 2.45) is 0 Å². The summed E-state index contributed by atoms with van der Waals surface area (Å²) in [7, 11) is -0.649. The molecule has 0 aromatic heterocycles. The Bertz CT molecular complexity index is 600. The highest BCUT2D eigenvalue weighted by atomic mass is 32.2. The summed E-state index contributed by atoms with van der Waals surface area (Å²) in [5.74, 6) is -0.218. The molecule has 0 radical (unpaired) electrons. The molecule has 0 spiro atoms. The van der Waals surface area contributed by atoms with Gasteiger partial charge in [0.2, 0.25) is 15.9 Å². The second-order valence-electron chi connectivity index (χ2n) is 5.12. The van der Waals surface area contributed by atoms with E-state index in [1.54, 1.807) is 6.92 Å². The van der Waals surface area contributed by atoms with Crippen molar-refractivity contribution in [1.82, 2.24) is 4.72 Å². The van der Waals surface area contributed by atoms with Crippen molar-refractivity contribution in [3.05, 3.63) is 24.3 Å². The third kappa shape index (κ3) is 5.38. The van der Waals surface area contributed by atoms with Gasteiger partial charge in [0.15, 0.2) is 0 Å². The number of rotatable bonds is 8. The predicted molar refractivity (Wildman–Crippen MR) is 83.2 cm³/mol. The molecule has 7 nitrogen and oxygen atoms in total. The number of ether oxygens (including phenoxy) is 2. The molecule has 22 heavy (non-hydrogen) atoms. The summed E-state index contributed by atoms with van der Waals surface area (Å²) < 4.78 is 37.3. The average Bonchev–Trinajstić information content (AvgIpc) is 2.46. The third-order valence-electron chi connectivity index (χ3n) is 3.06. The van der Waals surface area contributed by atoms with Gasteiger partial charge in [-0.3, -0.25) is 4.79 Å². The first-order valence-electron chi connectivity index (χ1n) is 6.64. The molecule has 1 atom stereocenters. The SMILES string of the molecule is COC[C@](C)(CNS(=O)(=O)c1ccc(NC(C)=O)cc1)OC. The molecule has 0 aliphatic heterocycles. The van der Waals surface area contributed by atoms with Crippen molar-refractivity contribution in [3.63, 3.8) is 0 Å². The molecule has 0 unspecified atom stereocenters. The van der Waals surface area contributed by atoms with E-state index in [1.807, 2.05) is 0 Å². The molecule has 1 aromatic rings. The first kappa shape index (κ1) is 18.6. The zero-order valence-electron chi connectivity index (χ0n) is 13.2. The normalized spacial score (nSPS) is 14.4. The predicted octanol–water partition coefficient (Wildman–Crippen LogP) is 0.975. The first-order chi connectivity index (χ1) is 10.2. The van der Waals surface area contributed by atoms with Gasteiger partial charge in [-0.25, -0.2) is 13.1 Å². The number of methoxy groups -OCH3 is 2. The van der Waals surface area contributed by atoms with Crippen LogP contribution < -0.4 is 10.0 Å². The van der Waals surface area contributed by atoms with Crippen LogP contribution in [0, 0.1) is 0 Å². The lowest BCUT2D eigenvalue weighted by Crippen LogP contribution is -2.45. The van der Waals surface area contributed by atoms with Crippen LogP contribution in [0.4, 0.5) is 5.69 Å². The summed E-state index contributed by atoms with van der Waals surface area (Å²) >= 11 is 0. The quantitative estimate of drug-likeness (QED) is 0.741. The number of hydrogen-bond donors (Lipinski definition) is 2. The van der Waals surface area contributed by atoms with E-state index in [0.29, 0.717) is 5.69 Å². The summed E-state index contributed by atoms with van der Waals surface area (Å²) in [6, 6.07) is 5.91. The summed E-state index contributed by atoms with van der Waals surface area (Å²) in [5.41, 5.74) is -0.217. The van der Waals surface area contributed by atoms with E-state index < -0.39 is 15.6 Å². The third-order valence-corrected chi connectivity index (χ3v) is 4.48. The van der Waals surface area contributed by atoms with Crippen molar-refractivity contribution < 1.29 is 22.7 Å². The molecule has 2 N–H and O–H groups in total. The average molecular weight is 330 g/mol. The Hall–Kier alpha value is -1.48. The molecule has 0 saturated carbocycles. The minimum atomic E-state index is -3.67. The fraction of sp³-hybridized carbons (Fsp3) is 0.500. The summed E-state index contributed by atoms with van der Waals surface area (Å²) in [6.45, 7) is 3.47. The number of carbonyl (C=O) groups excluding carboxylic acids is 1. The lowest BCUT2D eigenvalue weighted by Gasteiger charge is -2.27. The maximum absolute atomic E-state index is 12.2. The maximum Gasteiger partial charge on any atom is 0.240 e. The van der Waals surface area contributed by atoms with E-state index in [4.69, 9.17) is 9.47 Å². The molecule has 1 amide bonds. The van der Waals surface area contributed by atoms with Gasteiger partial charge in [-0.05, 0) is 31.2 Å². The van der Waals surface area contributed by atoms with E-state index in [-0.39, 0.29) is 24.0 Å². The van der Waals surface area contributed by atoms with E-state index in [0.717, 1.165) is 0 Å². The molecule has 1 rings (SSSR count). The van der Waals surface area contributed by atoms with Gasteiger partial charge in [0.1, 0.15) is 5.60 Å². The van der Waals surface area contributed by atoms with Crippen LogP contribution in [0.15, 0.2) is 29.2 Å². The molecule has 8 heteroatoms. The van der Waals surface area contributed by atoms with Crippen LogP contribution >= 0.6 is 0 Å². The standard InChI is InChI=1S/C14H22N2O5S/c1-11(17)16-12-5-7-13(8-6-12)22(18,19)15-9-14(2,21-4)10-20-3/h5-8,15H,9-10H2,1-4H3,(H,16,17)/t14-/m0/s1. The zero-order chi connectivity index (χ0) is 16.8. The Kier molecular flexibility index (Phi) is 6.48. The molecule has 0 aliphatic rings. The van der Waals surface area contributed by atoms with Crippen LogP contribution in [0.25, 0.3) is 0 Å². The van der Waals surface area contributed by atoms with Crippen molar-refractivity contribution in [2.75, 3.05) is 32.7 Å². The Balaban J connectivity index is 2.80. The lowest BCUT2D eigenvalue weighted by atomic mass is 10.1. The van der Waals surface area contributed by atoms with E-state index in [1.165, 1.54) is 45.4 Å². The van der Waals surface area contributed by atoms with Gasteiger partial charge in [-0.2, -0.15) is 0 Å². The second kappa shape index (κ2) is 7.68. The van der Waals surface area contributed by atoms with Crippen molar-refractivity contribution in [2.45, 2.75) is 24.3 Å². The van der Waals surface area contributed by atoms with Crippen LogP contribution in [0.3, 0.4) is 0 Å². The van der Waals surface area contributed by atoms with Crippen LogP contribution in [0.1, 0.15) is 13.8 Å². The molecule has 0 bridgehead atoms. The molecule has 0 heterocycles. The van der Waals surface area contributed by atoms with Crippen LogP contribution in [0.2, 0.25) is 0 Å². The Morgan fingerprint density at radius 2 is 1.82 bits per heavy atom. The highest BCUT2D eigenvalue weighted by Gasteiger charge is 2.26. The monoisotopic (exact) mass is 330 g/mol. The van der Waals surface area contributed by atoms with E-state index in [2.05, 4.69) is 10.0 Å². The number of hydrogen-bond acceptors (Lipinski definition) is 5. The number of amides is 1. The number of anilines is 1. The number of nitrogens with one attached hydrogen (secondary N) is 2. The topological polar surface area (TPSA) is 93.7 Å². The van der Waals surface area contributed by atoms with Crippen molar-refractivity contribution in [1.29, 1.82) is 0 Å². The van der Waals surface area contributed by atoms with Gasteiger partial charge < -0.3 is 14.8 Å². The van der Waals surface area contributed by atoms with Gasteiger partial charge in [0.05, 0.1) is 11.5 Å². The summed E-state index contributed by atoms with van der Waals surface area (Å²) in [6.07, 6.45) is 0. The highest BCUT2D eigenvalue weighted by Crippen LogP contribution is 2.15. The van der Waals surface area contributed by atoms with Gasteiger partial charge in [0, 0.05) is 33.4 Å². The Labute approximate surface area is 131 Å². The van der Waals surface area contributed by atoms with Crippen molar-refractivity contribution in [3.8, 4) is 0 Å². The van der Waals surface area contributed by atoms with Gasteiger partial charge in [0.25, 0.3) is 0 Å².